The van der Waals surface area contributed by atoms with Gasteiger partial charge in [-0.05, 0) is 30.9 Å². The zero-order valence-electron chi connectivity index (χ0n) is 15.2. The van der Waals surface area contributed by atoms with E-state index >= 15 is 0 Å². The maximum Gasteiger partial charge on any atom is 0.343 e. The lowest BCUT2D eigenvalue weighted by Crippen LogP contribution is -2.49. The number of fused-ring (bicyclic) bond motifs is 1. The first-order chi connectivity index (χ1) is 12.7. The Bertz CT molecular complexity index is 813. The molecule has 0 saturated carbocycles. The number of nitrogens with zero attached hydrogens (tertiary/aromatic N) is 5. The van der Waals surface area contributed by atoms with Crippen LogP contribution in [0.1, 0.15) is 25.1 Å². The maximum absolute atomic E-state index is 12.7. The lowest BCUT2D eigenvalue weighted by atomic mass is 9.96. The third kappa shape index (κ3) is 4.32. The van der Waals surface area contributed by atoms with E-state index in [0.717, 1.165) is 57.1 Å². The zero-order chi connectivity index (χ0) is 17.9. The van der Waals surface area contributed by atoms with Crippen molar-refractivity contribution in [3.8, 4) is 0 Å². The first-order valence-corrected chi connectivity index (χ1v) is 9.28. The molecule has 1 saturated heterocycles. The number of aromatic amines is 1. The average Bonchev–Trinajstić information content (AvgIpc) is 2.91. The monoisotopic (exact) mass is 392 g/mol. The number of anilines is 1. The Balaban J connectivity index is 0.00000210. The molecular weight excluding hydrogens is 368 g/mol. The Hall–Kier alpha value is -2.35. The SMILES string of the molecule is Cl.O=C(CC1CCc2n[nH]c(=O)n2CC1)N1CCN(c2ccccn2)CC1. The molecule has 27 heavy (non-hydrogen) atoms. The summed E-state index contributed by atoms with van der Waals surface area (Å²) >= 11 is 0. The Morgan fingerprint density at radius 2 is 1.96 bits per heavy atom. The van der Waals surface area contributed by atoms with Gasteiger partial charge in [0.25, 0.3) is 0 Å². The van der Waals surface area contributed by atoms with E-state index in [1.54, 1.807) is 10.8 Å². The van der Waals surface area contributed by atoms with Gasteiger partial charge in [-0.3, -0.25) is 9.36 Å². The summed E-state index contributed by atoms with van der Waals surface area (Å²) in [7, 11) is 0. The van der Waals surface area contributed by atoms with Crippen LogP contribution < -0.4 is 10.6 Å². The molecule has 4 rings (SSSR count). The van der Waals surface area contributed by atoms with Gasteiger partial charge in [-0.15, -0.1) is 12.4 Å². The molecule has 0 spiro atoms. The van der Waals surface area contributed by atoms with Crippen LogP contribution in [0.3, 0.4) is 0 Å². The van der Waals surface area contributed by atoms with Crippen LogP contribution >= 0.6 is 12.4 Å². The highest BCUT2D eigenvalue weighted by molar-refractivity contribution is 5.85. The number of carbonyl (C=O) groups is 1. The lowest BCUT2D eigenvalue weighted by Gasteiger charge is -2.36. The summed E-state index contributed by atoms with van der Waals surface area (Å²) in [5.74, 6) is 2.33. The molecule has 2 aliphatic heterocycles. The fraction of sp³-hybridized carbons (Fsp3) is 0.556. The molecule has 146 valence electrons. The van der Waals surface area contributed by atoms with E-state index in [2.05, 4.69) is 20.1 Å². The predicted molar refractivity (Wildman–Crippen MR) is 104 cm³/mol. The molecule has 1 unspecified atom stereocenters. The van der Waals surface area contributed by atoms with Crippen molar-refractivity contribution in [2.75, 3.05) is 31.1 Å². The largest absolute Gasteiger partial charge is 0.353 e. The van der Waals surface area contributed by atoms with Crippen molar-refractivity contribution in [2.24, 2.45) is 5.92 Å². The van der Waals surface area contributed by atoms with Crippen LogP contribution in [-0.4, -0.2) is 56.7 Å². The second kappa shape index (κ2) is 8.56. The van der Waals surface area contributed by atoms with E-state index in [1.165, 1.54) is 0 Å². The van der Waals surface area contributed by atoms with Crippen molar-refractivity contribution in [3.63, 3.8) is 0 Å². The molecule has 1 fully saturated rings. The van der Waals surface area contributed by atoms with Gasteiger partial charge in [-0.1, -0.05) is 6.07 Å². The van der Waals surface area contributed by atoms with Gasteiger partial charge < -0.3 is 9.80 Å². The van der Waals surface area contributed by atoms with Gasteiger partial charge in [0.05, 0.1) is 0 Å². The molecular formula is C18H25ClN6O2. The lowest BCUT2D eigenvalue weighted by molar-refractivity contribution is -0.132. The molecule has 8 nitrogen and oxygen atoms in total. The number of amides is 1. The molecule has 9 heteroatoms. The Morgan fingerprint density at radius 3 is 2.70 bits per heavy atom. The first-order valence-electron chi connectivity index (χ1n) is 9.28. The fourth-order valence-corrected chi connectivity index (χ4v) is 3.87. The van der Waals surface area contributed by atoms with E-state index in [-0.39, 0.29) is 24.0 Å². The van der Waals surface area contributed by atoms with Crippen molar-refractivity contribution in [3.05, 3.63) is 40.7 Å². The standard InChI is InChI=1S/C18H24N6O2.ClH/c25-17(13-14-4-5-16-20-21-18(26)24(16)8-6-14)23-11-9-22(10-12-23)15-3-1-2-7-19-15;/h1-3,7,14H,4-6,8-13H2,(H,21,26);1H. The third-order valence-corrected chi connectivity index (χ3v) is 5.44. The molecule has 1 N–H and O–H groups in total. The molecule has 0 aliphatic carbocycles. The number of halogens is 1. The number of aromatic nitrogens is 4. The minimum Gasteiger partial charge on any atom is -0.353 e. The Labute approximate surface area is 164 Å². The van der Waals surface area contributed by atoms with Gasteiger partial charge in [0.2, 0.25) is 5.91 Å². The van der Waals surface area contributed by atoms with E-state index in [0.29, 0.717) is 18.9 Å². The smallest absolute Gasteiger partial charge is 0.343 e. The fourth-order valence-electron chi connectivity index (χ4n) is 3.87. The highest BCUT2D eigenvalue weighted by atomic mass is 35.5. The van der Waals surface area contributed by atoms with Crippen LogP contribution in [0.25, 0.3) is 0 Å². The number of aryl methyl sites for hydroxylation is 1. The molecule has 2 aromatic heterocycles. The number of rotatable bonds is 3. The molecule has 2 aliphatic rings. The van der Waals surface area contributed by atoms with Gasteiger partial charge in [0.1, 0.15) is 11.6 Å². The molecule has 4 heterocycles. The summed E-state index contributed by atoms with van der Waals surface area (Å²) < 4.78 is 1.70. The Morgan fingerprint density at radius 1 is 1.15 bits per heavy atom. The molecule has 0 bridgehead atoms. The van der Waals surface area contributed by atoms with Gasteiger partial charge in [0.15, 0.2) is 0 Å². The summed E-state index contributed by atoms with van der Waals surface area (Å²) in [6.45, 7) is 3.76. The first kappa shape index (κ1) is 19.4. The van der Waals surface area contributed by atoms with Crippen LogP contribution in [-0.2, 0) is 17.8 Å². The van der Waals surface area contributed by atoms with Crippen LogP contribution in [0.15, 0.2) is 29.2 Å². The molecule has 0 radical (unpaired) electrons. The van der Waals surface area contributed by atoms with Crippen LogP contribution in [0.4, 0.5) is 5.82 Å². The average molecular weight is 393 g/mol. The van der Waals surface area contributed by atoms with Gasteiger partial charge in [-0.25, -0.2) is 14.9 Å². The van der Waals surface area contributed by atoms with Gasteiger partial charge >= 0.3 is 5.69 Å². The third-order valence-electron chi connectivity index (χ3n) is 5.44. The maximum atomic E-state index is 12.7. The summed E-state index contributed by atoms with van der Waals surface area (Å²) in [5.41, 5.74) is -0.141. The number of hydrogen-bond acceptors (Lipinski definition) is 5. The van der Waals surface area contributed by atoms with E-state index in [9.17, 15) is 9.59 Å². The van der Waals surface area contributed by atoms with Crippen LogP contribution in [0, 0.1) is 5.92 Å². The highest BCUT2D eigenvalue weighted by Gasteiger charge is 2.26. The molecule has 1 amide bonds. The number of piperazine rings is 1. The number of hydrogen-bond donors (Lipinski definition) is 1. The number of carbonyl (C=O) groups excluding carboxylic acids is 1. The summed E-state index contributed by atoms with van der Waals surface area (Å²) in [4.78, 5) is 33.0. The number of H-pyrrole nitrogens is 1. The molecule has 2 aromatic rings. The number of pyridine rings is 1. The second-order valence-corrected chi connectivity index (χ2v) is 7.05. The summed E-state index contributed by atoms with van der Waals surface area (Å²) in [6.07, 6.45) is 4.88. The van der Waals surface area contributed by atoms with Crippen molar-refractivity contribution < 1.29 is 4.79 Å². The van der Waals surface area contributed by atoms with Crippen molar-refractivity contribution in [2.45, 2.75) is 32.2 Å². The normalized spacial score (nSPS) is 19.8. The quantitative estimate of drug-likeness (QED) is 0.844. The minimum absolute atomic E-state index is 0. The molecule has 0 aromatic carbocycles. The highest BCUT2D eigenvalue weighted by Crippen LogP contribution is 2.22. The number of nitrogens with one attached hydrogen (secondary N) is 1. The summed E-state index contributed by atoms with van der Waals surface area (Å²) in [6, 6.07) is 5.91. The van der Waals surface area contributed by atoms with E-state index in [4.69, 9.17) is 0 Å². The predicted octanol–water partition coefficient (Wildman–Crippen LogP) is 1.08. The van der Waals surface area contributed by atoms with Gasteiger partial charge in [-0.2, -0.15) is 5.10 Å². The van der Waals surface area contributed by atoms with Crippen molar-refractivity contribution in [1.82, 2.24) is 24.6 Å². The van der Waals surface area contributed by atoms with Crippen LogP contribution in [0.5, 0.6) is 0 Å². The minimum atomic E-state index is -0.141. The van der Waals surface area contributed by atoms with Crippen LogP contribution in [0.2, 0.25) is 0 Å². The van der Waals surface area contributed by atoms with E-state index < -0.39 is 0 Å². The van der Waals surface area contributed by atoms with E-state index in [1.807, 2.05) is 23.1 Å². The Kier molecular flexibility index (Phi) is 6.15. The summed E-state index contributed by atoms with van der Waals surface area (Å²) in [5, 5.41) is 6.58. The zero-order valence-corrected chi connectivity index (χ0v) is 16.0. The van der Waals surface area contributed by atoms with Crippen molar-refractivity contribution >= 4 is 24.1 Å². The topological polar surface area (TPSA) is 87.1 Å². The molecule has 1 atom stereocenters. The van der Waals surface area contributed by atoms with Crippen molar-refractivity contribution in [1.29, 1.82) is 0 Å². The second-order valence-electron chi connectivity index (χ2n) is 7.05. The van der Waals surface area contributed by atoms with Gasteiger partial charge in [0, 0.05) is 51.8 Å².